The van der Waals surface area contributed by atoms with Gasteiger partial charge in [-0.15, -0.1) is 0 Å². The summed E-state index contributed by atoms with van der Waals surface area (Å²) >= 11 is 14.9. The third kappa shape index (κ3) is 1.62. The van der Waals surface area contributed by atoms with Gasteiger partial charge in [-0.1, -0.05) is 23.2 Å². The summed E-state index contributed by atoms with van der Waals surface area (Å²) in [6, 6.07) is 3.98. The zero-order valence-corrected chi connectivity index (χ0v) is 12.0. The van der Waals surface area contributed by atoms with Crippen LogP contribution in [0.3, 0.4) is 0 Å². The van der Waals surface area contributed by atoms with Crippen LogP contribution in [0.4, 0.5) is 0 Å². The minimum Gasteiger partial charge on any atom is -0.251 e. The summed E-state index contributed by atoms with van der Waals surface area (Å²) in [7, 11) is 0. The van der Waals surface area contributed by atoms with Crippen LogP contribution in [-0.2, 0) is 12.8 Å². The Kier molecular flexibility index (Phi) is 2.76. The van der Waals surface area contributed by atoms with Crippen molar-refractivity contribution >= 4 is 56.7 Å². The lowest BCUT2D eigenvalue weighted by Gasteiger charge is -2.08. The van der Waals surface area contributed by atoms with E-state index in [0.717, 1.165) is 44.5 Å². The quantitative estimate of drug-likeness (QED) is 0.621. The second-order valence-electron chi connectivity index (χ2n) is 3.99. The van der Waals surface area contributed by atoms with Crippen LogP contribution < -0.4 is 0 Å². The van der Waals surface area contributed by atoms with Crippen molar-refractivity contribution < 1.29 is 0 Å². The first kappa shape index (κ1) is 11.1. The van der Waals surface area contributed by atoms with E-state index < -0.39 is 0 Å². The molecule has 4 heteroatoms. The van der Waals surface area contributed by atoms with Crippen LogP contribution in [0.5, 0.6) is 0 Å². The fourth-order valence-electron chi connectivity index (χ4n) is 2.23. The summed E-state index contributed by atoms with van der Waals surface area (Å²) in [6.45, 7) is 0. The fraction of sp³-hybridized carbons (Fsp3) is 0.250. The number of fused-ring (bicyclic) bond motifs is 2. The van der Waals surface area contributed by atoms with E-state index in [-0.39, 0.29) is 0 Å². The molecular formula is C12H8Cl2IN. The van der Waals surface area contributed by atoms with Crippen molar-refractivity contribution in [3.05, 3.63) is 37.0 Å². The number of halogens is 3. The fourth-order valence-corrected chi connectivity index (χ4v) is 3.65. The molecule has 1 aromatic carbocycles. The maximum Gasteiger partial charge on any atom is 0.0907 e. The summed E-state index contributed by atoms with van der Waals surface area (Å²) in [4.78, 5) is 4.64. The van der Waals surface area contributed by atoms with Crippen molar-refractivity contribution in [2.75, 3.05) is 0 Å². The number of rotatable bonds is 0. The Hall–Kier alpha value is -0.0600. The van der Waals surface area contributed by atoms with Crippen molar-refractivity contribution in [3.63, 3.8) is 0 Å². The summed E-state index contributed by atoms with van der Waals surface area (Å²) in [5.74, 6) is 0. The molecule has 0 saturated carbocycles. The number of nitrogens with zero attached hydrogens (tertiary/aromatic N) is 1. The van der Waals surface area contributed by atoms with Crippen molar-refractivity contribution in [1.29, 1.82) is 0 Å². The molecule has 2 aromatic rings. The van der Waals surface area contributed by atoms with Gasteiger partial charge in [0.25, 0.3) is 0 Å². The number of aromatic nitrogens is 1. The molecule has 1 heterocycles. The molecule has 0 spiro atoms. The van der Waals surface area contributed by atoms with Crippen LogP contribution in [0.25, 0.3) is 10.9 Å². The van der Waals surface area contributed by atoms with E-state index in [4.69, 9.17) is 23.2 Å². The van der Waals surface area contributed by atoms with Crippen molar-refractivity contribution in [3.8, 4) is 0 Å². The van der Waals surface area contributed by atoms with Crippen molar-refractivity contribution in [2.24, 2.45) is 0 Å². The summed E-state index contributed by atoms with van der Waals surface area (Å²) < 4.78 is 1.09. The van der Waals surface area contributed by atoms with Gasteiger partial charge in [-0.2, -0.15) is 0 Å². The molecule has 1 nitrogen and oxygen atoms in total. The Labute approximate surface area is 117 Å². The van der Waals surface area contributed by atoms with E-state index in [2.05, 4.69) is 33.6 Å². The van der Waals surface area contributed by atoms with Gasteiger partial charge in [-0.3, -0.25) is 4.98 Å². The predicted octanol–water partition coefficient (Wildman–Crippen LogP) is 4.63. The van der Waals surface area contributed by atoms with Gasteiger partial charge in [0.1, 0.15) is 0 Å². The van der Waals surface area contributed by atoms with Crippen LogP contribution >= 0.6 is 45.8 Å². The Balaban J connectivity index is 2.46. The highest BCUT2D eigenvalue weighted by atomic mass is 127. The lowest BCUT2D eigenvalue weighted by molar-refractivity contribution is 0.901. The second kappa shape index (κ2) is 4.00. The first-order valence-corrected chi connectivity index (χ1v) is 6.96. The molecule has 16 heavy (non-hydrogen) atoms. The standard InChI is InChI=1S/C12H8Cl2IN/c13-9-5-6(15)4-8-11(14)7-2-1-3-10(7)16-12(8)9/h4-5H,1-3H2. The predicted molar refractivity (Wildman–Crippen MR) is 76.5 cm³/mol. The monoisotopic (exact) mass is 363 g/mol. The Morgan fingerprint density at radius 1 is 1.19 bits per heavy atom. The maximum absolute atomic E-state index is 6.43. The molecule has 1 aliphatic carbocycles. The van der Waals surface area contributed by atoms with E-state index in [1.165, 1.54) is 5.56 Å². The van der Waals surface area contributed by atoms with E-state index in [0.29, 0.717) is 5.02 Å². The zero-order chi connectivity index (χ0) is 11.3. The second-order valence-corrected chi connectivity index (χ2v) is 6.02. The van der Waals surface area contributed by atoms with Crippen LogP contribution in [0.1, 0.15) is 17.7 Å². The number of hydrogen-bond acceptors (Lipinski definition) is 1. The van der Waals surface area contributed by atoms with Crippen LogP contribution in [0.15, 0.2) is 12.1 Å². The van der Waals surface area contributed by atoms with Crippen molar-refractivity contribution in [2.45, 2.75) is 19.3 Å². The number of pyridine rings is 1. The van der Waals surface area contributed by atoms with E-state index >= 15 is 0 Å². The summed E-state index contributed by atoms with van der Waals surface area (Å²) in [5.41, 5.74) is 3.18. The van der Waals surface area contributed by atoms with Gasteiger partial charge in [0.05, 0.1) is 15.6 Å². The number of benzene rings is 1. The normalized spacial score (nSPS) is 14.4. The Morgan fingerprint density at radius 2 is 2.00 bits per heavy atom. The van der Waals surface area contributed by atoms with Crippen LogP contribution in [0.2, 0.25) is 10.0 Å². The minimum absolute atomic E-state index is 0.693. The lowest BCUT2D eigenvalue weighted by atomic mass is 10.1. The molecule has 1 aromatic heterocycles. The molecule has 0 aliphatic heterocycles. The average Bonchev–Trinajstić information content (AvgIpc) is 2.68. The molecule has 1 aliphatic rings. The van der Waals surface area contributed by atoms with Gasteiger partial charge in [0.2, 0.25) is 0 Å². The molecule has 0 bridgehead atoms. The van der Waals surface area contributed by atoms with Gasteiger partial charge in [-0.25, -0.2) is 0 Å². The molecular weight excluding hydrogens is 356 g/mol. The van der Waals surface area contributed by atoms with Gasteiger partial charge in [0, 0.05) is 14.7 Å². The maximum atomic E-state index is 6.43. The molecule has 0 fully saturated rings. The lowest BCUT2D eigenvalue weighted by Crippen LogP contribution is -1.93. The first-order chi connectivity index (χ1) is 7.66. The summed E-state index contributed by atoms with van der Waals surface area (Å²) in [5, 5.41) is 2.52. The van der Waals surface area contributed by atoms with Gasteiger partial charge in [0.15, 0.2) is 0 Å². The van der Waals surface area contributed by atoms with Gasteiger partial charge in [-0.05, 0) is 59.5 Å². The Bertz CT molecular complexity index is 595. The topological polar surface area (TPSA) is 12.9 Å². The zero-order valence-electron chi connectivity index (χ0n) is 8.36. The first-order valence-electron chi connectivity index (χ1n) is 5.13. The largest absolute Gasteiger partial charge is 0.251 e. The number of hydrogen-bond donors (Lipinski definition) is 0. The van der Waals surface area contributed by atoms with Crippen LogP contribution in [-0.4, -0.2) is 4.98 Å². The molecule has 82 valence electrons. The molecule has 0 N–H and O–H groups in total. The highest BCUT2D eigenvalue weighted by molar-refractivity contribution is 14.1. The van der Waals surface area contributed by atoms with E-state index in [1.807, 2.05) is 6.07 Å². The molecule has 0 saturated heterocycles. The molecule has 3 rings (SSSR count). The van der Waals surface area contributed by atoms with Crippen LogP contribution in [0, 0.1) is 3.57 Å². The van der Waals surface area contributed by atoms with Crippen molar-refractivity contribution in [1.82, 2.24) is 4.98 Å². The van der Waals surface area contributed by atoms with E-state index in [1.54, 1.807) is 0 Å². The minimum atomic E-state index is 0.693. The molecule has 0 unspecified atom stereocenters. The number of aryl methyl sites for hydroxylation is 1. The third-order valence-corrected chi connectivity index (χ3v) is 4.31. The van der Waals surface area contributed by atoms with Gasteiger partial charge < -0.3 is 0 Å². The SMILES string of the molecule is Clc1c2c(nc3c(Cl)cc(I)cc13)CCC2. The highest BCUT2D eigenvalue weighted by Crippen LogP contribution is 2.36. The average molecular weight is 364 g/mol. The highest BCUT2D eigenvalue weighted by Gasteiger charge is 2.19. The molecule has 0 radical (unpaired) electrons. The molecule has 0 amide bonds. The smallest absolute Gasteiger partial charge is 0.0907 e. The Morgan fingerprint density at radius 3 is 2.81 bits per heavy atom. The molecule has 0 atom stereocenters. The summed E-state index contributed by atoms with van der Waals surface area (Å²) in [6.07, 6.45) is 3.21. The van der Waals surface area contributed by atoms with Gasteiger partial charge >= 0.3 is 0 Å². The van der Waals surface area contributed by atoms with E-state index in [9.17, 15) is 0 Å². The third-order valence-electron chi connectivity index (χ3n) is 2.97.